The molecule has 0 bridgehead atoms. The van der Waals surface area contributed by atoms with Crippen molar-refractivity contribution in [3.63, 3.8) is 0 Å². The molecule has 0 radical (unpaired) electrons. The molecule has 1 aliphatic rings. The molecule has 1 aromatic heterocycles. The van der Waals surface area contributed by atoms with Crippen LogP contribution < -0.4 is 4.90 Å². The van der Waals surface area contributed by atoms with Crippen molar-refractivity contribution >= 4 is 16.6 Å². The third-order valence-electron chi connectivity index (χ3n) is 3.92. The van der Waals surface area contributed by atoms with Gasteiger partial charge in [-0.15, -0.1) is 0 Å². The van der Waals surface area contributed by atoms with E-state index in [0.717, 1.165) is 48.3 Å². The van der Waals surface area contributed by atoms with Gasteiger partial charge in [0.25, 0.3) is 0 Å². The van der Waals surface area contributed by atoms with Crippen molar-refractivity contribution < 1.29 is 9.84 Å². The highest BCUT2D eigenvalue weighted by Gasteiger charge is 2.21. The van der Waals surface area contributed by atoms with E-state index in [9.17, 15) is 5.11 Å². The summed E-state index contributed by atoms with van der Waals surface area (Å²) in [7, 11) is 0. The minimum absolute atomic E-state index is 0.0223. The van der Waals surface area contributed by atoms with Gasteiger partial charge in [-0.05, 0) is 11.8 Å². The summed E-state index contributed by atoms with van der Waals surface area (Å²) in [6, 6.07) is 8.14. The van der Waals surface area contributed by atoms with E-state index in [1.54, 1.807) is 6.20 Å². The van der Waals surface area contributed by atoms with Gasteiger partial charge < -0.3 is 14.7 Å². The Balaban J connectivity index is 2.03. The number of pyridine rings is 1. The second-order valence-electron chi connectivity index (χ2n) is 5.16. The number of anilines is 1. The summed E-state index contributed by atoms with van der Waals surface area (Å²) in [4.78, 5) is 6.87. The zero-order chi connectivity index (χ0) is 13.9. The Morgan fingerprint density at radius 1 is 1.35 bits per heavy atom. The Bertz CT molecular complexity index is 600. The van der Waals surface area contributed by atoms with Gasteiger partial charge in [-0.2, -0.15) is 0 Å². The van der Waals surface area contributed by atoms with Crippen LogP contribution in [0.4, 0.5) is 5.82 Å². The van der Waals surface area contributed by atoms with Crippen LogP contribution in [0.25, 0.3) is 10.8 Å². The molecular formula is C16H20N2O2. The molecule has 0 aliphatic carbocycles. The maximum atomic E-state index is 9.44. The van der Waals surface area contributed by atoms with Gasteiger partial charge in [0, 0.05) is 30.2 Å². The molecule has 1 atom stereocenters. The molecule has 1 fully saturated rings. The van der Waals surface area contributed by atoms with E-state index in [-0.39, 0.29) is 12.7 Å². The predicted octanol–water partition coefficient (Wildman–Crippen LogP) is 2.34. The largest absolute Gasteiger partial charge is 0.392 e. The fourth-order valence-corrected chi connectivity index (χ4v) is 2.77. The molecule has 1 aromatic carbocycles. The third kappa shape index (κ3) is 2.37. The molecule has 0 spiro atoms. The number of aliphatic hydroxyl groups excluding tert-OH is 1. The monoisotopic (exact) mass is 272 g/mol. The molecule has 1 N–H and O–H groups in total. The van der Waals surface area contributed by atoms with E-state index >= 15 is 0 Å². The summed E-state index contributed by atoms with van der Waals surface area (Å²) in [5.74, 6) is 1.000. The van der Waals surface area contributed by atoms with Crippen LogP contribution in [-0.2, 0) is 11.3 Å². The van der Waals surface area contributed by atoms with Crippen LogP contribution in [0.5, 0.6) is 0 Å². The van der Waals surface area contributed by atoms with Gasteiger partial charge in [-0.3, -0.25) is 0 Å². The van der Waals surface area contributed by atoms with Crippen molar-refractivity contribution in [3.05, 3.63) is 36.0 Å². The average Bonchev–Trinajstić information content (AvgIpc) is 2.54. The number of hydrogen-bond donors (Lipinski definition) is 1. The zero-order valence-electron chi connectivity index (χ0n) is 11.7. The lowest BCUT2D eigenvalue weighted by Crippen LogP contribution is -2.42. The Kier molecular flexibility index (Phi) is 3.85. The first-order valence-corrected chi connectivity index (χ1v) is 7.17. The molecule has 3 rings (SSSR count). The average molecular weight is 272 g/mol. The van der Waals surface area contributed by atoms with E-state index in [0.29, 0.717) is 0 Å². The van der Waals surface area contributed by atoms with Gasteiger partial charge in [-0.25, -0.2) is 4.98 Å². The first-order valence-electron chi connectivity index (χ1n) is 7.17. The number of aliphatic hydroxyl groups is 1. The molecule has 0 saturated carbocycles. The summed E-state index contributed by atoms with van der Waals surface area (Å²) in [5, 5.41) is 11.6. The highest BCUT2D eigenvalue weighted by Crippen LogP contribution is 2.28. The fourth-order valence-electron chi connectivity index (χ4n) is 2.77. The second-order valence-corrected chi connectivity index (χ2v) is 5.16. The molecule has 4 heteroatoms. The number of ether oxygens (including phenoxy) is 1. The van der Waals surface area contributed by atoms with Gasteiger partial charge in [0.05, 0.1) is 19.3 Å². The number of hydrogen-bond acceptors (Lipinski definition) is 4. The van der Waals surface area contributed by atoms with Crippen LogP contribution in [-0.4, -0.2) is 35.9 Å². The number of rotatable bonds is 3. The predicted molar refractivity (Wildman–Crippen MR) is 79.9 cm³/mol. The van der Waals surface area contributed by atoms with E-state index in [4.69, 9.17) is 4.74 Å². The Hall–Kier alpha value is -1.65. The van der Waals surface area contributed by atoms with Crippen molar-refractivity contribution in [3.8, 4) is 0 Å². The lowest BCUT2D eigenvalue weighted by atomic mass is 10.1. The van der Waals surface area contributed by atoms with Gasteiger partial charge in [0.15, 0.2) is 0 Å². The molecule has 106 valence electrons. The highest BCUT2D eigenvalue weighted by molar-refractivity contribution is 5.94. The molecular weight excluding hydrogens is 252 g/mol. The van der Waals surface area contributed by atoms with E-state index in [1.807, 2.05) is 18.2 Å². The number of nitrogens with zero attached hydrogens (tertiary/aromatic N) is 2. The highest BCUT2D eigenvalue weighted by atomic mass is 16.5. The summed E-state index contributed by atoms with van der Waals surface area (Å²) in [6.07, 6.45) is 3.08. The van der Waals surface area contributed by atoms with Crippen molar-refractivity contribution in [2.45, 2.75) is 26.1 Å². The normalized spacial score (nSPS) is 19.5. The first-order chi connectivity index (χ1) is 9.83. The van der Waals surface area contributed by atoms with Crippen molar-refractivity contribution in [1.82, 2.24) is 4.98 Å². The van der Waals surface area contributed by atoms with Gasteiger partial charge >= 0.3 is 0 Å². The van der Waals surface area contributed by atoms with Gasteiger partial charge in [-0.1, -0.05) is 31.2 Å². The molecule has 2 heterocycles. The topological polar surface area (TPSA) is 45.6 Å². The van der Waals surface area contributed by atoms with Crippen LogP contribution in [0, 0.1) is 0 Å². The third-order valence-corrected chi connectivity index (χ3v) is 3.92. The van der Waals surface area contributed by atoms with Crippen LogP contribution in [0.1, 0.15) is 18.9 Å². The van der Waals surface area contributed by atoms with Crippen molar-refractivity contribution in [1.29, 1.82) is 0 Å². The Morgan fingerprint density at radius 3 is 2.90 bits per heavy atom. The molecule has 20 heavy (non-hydrogen) atoms. The lowest BCUT2D eigenvalue weighted by molar-refractivity contribution is 0.0382. The SMILES string of the molecule is CCC1CN(c2ncc(CO)c3ccccc23)CCO1. The Labute approximate surface area is 119 Å². The summed E-state index contributed by atoms with van der Waals surface area (Å²) in [5.41, 5.74) is 0.879. The number of morpholine rings is 1. The second kappa shape index (κ2) is 5.77. The molecule has 1 saturated heterocycles. The molecule has 1 unspecified atom stereocenters. The van der Waals surface area contributed by atoms with Crippen LogP contribution in [0.15, 0.2) is 30.5 Å². The molecule has 4 nitrogen and oxygen atoms in total. The number of fused-ring (bicyclic) bond motifs is 1. The number of aromatic nitrogens is 1. The minimum Gasteiger partial charge on any atom is -0.392 e. The van der Waals surface area contributed by atoms with Gasteiger partial charge in [0.1, 0.15) is 5.82 Å². The van der Waals surface area contributed by atoms with Crippen LogP contribution in [0.2, 0.25) is 0 Å². The maximum absolute atomic E-state index is 9.44. The van der Waals surface area contributed by atoms with Crippen molar-refractivity contribution in [2.75, 3.05) is 24.6 Å². The van der Waals surface area contributed by atoms with Crippen LogP contribution in [0.3, 0.4) is 0 Å². The van der Waals surface area contributed by atoms with Gasteiger partial charge in [0.2, 0.25) is 0 Å². The van der Waals surface area contributed by atoms with E-state index < -0.39 is 0 Å². The maximum Gasteiger partial charge on any atom is 0.136 e. The smallest absolute Gasteiger partial charge is 0.136 e. The minimum atomic E-state index is 0.0223. The first kappa shape index (κ1) is 13.3. The quantitative estimate of drug-likeness (QED) is 0.931. The summed E-state index contributed by atoms with van der Waals surface area (Å²) in [6.45, 7) is 4.66. The van der Waals surface area contributed by atoms with E-state index in [2.05, 4.69) is 22.9 Å². The van der Waals surface area contributed by atoms with E-state index in [1.165, 1.54) is 0 Å². The molecule has 1 aliphatic heterocycles. The zero-order valence-corrected chi connectivity index (χ0v) is 11.7. The standard InChI is InChI=1S/C16H20N2O2/c1-2-13-10-18(7-8-20-13)16-15-6-4-3-5-14(15)12(11-19)9-17-16/h3-6,9,13,19H,2,7-8,10-11H2,1H3. The Morgan fingerprint density at radius 2 is 2.15 bits per heavy atom. The fraction of sp³-hybridized carbons (Fsp3) is 0.438. The number of benzene rings is 1. The summed E-state index contributed by atoms with van der Waals surface area (Å²) < 4.78 is 5.73. The molecule has 0 amide bonds. The lowest BCUT2D eigenvalue weighted by Gasteiger charge is -2.34. The van der Waals surface area contributed by atoms with Crippen molar-refractivity contribution in [2.24, 2.45) is 0 Å². The van der Waals surface area contributed by atoms with Crippen LogP contribution >= 0.6 is 0 Å². The summed E-state index contributed by atoms with van der Waals surface area (Å²) >= 11 is 0. The molecule has 2 aromatic rings.